The van der Waals surface area contributed by atoms with Gasteiger partial charge in [0.05, 0.1) is 12.3 Å². The Morgan fingerprint density at radius 2 is 1.88 bits per heavy atom. The Morgan fingerprint density at radius 1 is 1.12 bits per heavy atom. The van der Waals surface area contributed by atoms with E-state index in [1.807, 2.05) is 0 Å². The number of oxime groups is 1. The molecule has 0 radical (unpaired) electrons. The van der Waals surface area contributed by atoms with Crippen LogP contribution in [-0.2, 0) is 0 Å². The van der Waals surface area contributed by atoms with E-state index in [0.717, 1.165) is 43.4 Å². The molecule has 3 heteroatoms. The van der Waals surface area contributed by atoms with Gasteiger partial charge in [0.15, 0.2) is 0 Å². The van der Waals surface area contributed by atoms with Crippen LogP contribution in [-0.4, -0.2) is 22.6 Å². The first-order valence-electron chi connectivity index (χ1n) is 9.73. The van der Waals surface area contributed by atoms with E-state index in [1.165, 1.54) is 31.3 Å². The van der Waals surface area contributed by atoms with Crippen LogP contribution in [0.1, 0.15) is 65.2 Å². The van der Waals surface area contributed by atoms with Crippen molar-refractivity contribution in [1.82, 2.24) is 0 Å². The van der Waals surface area contributed by atoms with Crippen LogP contribution in [0.15, 0.2) is 28.5 Å². The molecule has 2 N–H and O–H groups in total. The van der Waals surface area contributed by atoms with Gasteiger partial charge >= 0.3 is 0 Å². The Labute approximate surface area is 145 Å². The molecular weight excluding hydrogens is 298 g/mol. The van der Waals surface area contributed by atoms with Crippen molar-refractivity contribution in [1.29, 1.82) is 0 Å². The fourth-order valence-electron chi connectivity index (χ4n) is 6.89. The van der Waals surface area contributed by atoms with E-state index in [0.29, 0.717) is 5.41 Å². The third-order valence-corrected chi connectivity index (χ3v) is 8.27. The average molecular weight is 329 g/mol. The smallest absolute Gasteiger partial charge is 0.0661 e. The van der Waals surface area contributed by atoms with Crippen LogP contribution in [0.2, 0.25) is 0 Å². The van der Waals surface area contributed by atoms with Gasteiger partial charge in [-0.1, -0.05) is 36.2 Å². The summed E-state index contributed by atoms with van der Waals surface area (Å²) in [5.41, 5.74) is 3.65. The number of fused-ring (bicyclic) bond motifs is 5. The van der Waals surface area contributed by atoms with E-state index < -0.39 is 0 Å². The number of hydrogen-bond acceptors (Lipinski definition) is 3. The Morgan fingerprint density at radius 3 is 2.67 bits per heavy atom. The second kappa shape index (κ2) is 5.72. The largest absolute Gasteiger partial charge is 0.411 e. The normalized spacial score (nSPS) is 49.6. The van der Waals surface area contributed by atoms with Crippen LogP contribution < -0.4 is 0 Å². The molecule has 0 heterocycles. The quantitative estimate of drug-likeness (QED) is 0.317. The number of aliphatic hydroxyl groups excluding tert-OH is 1. The Bertz CT molecular complexity index is 607. The van der Waals surface area contributed by atoms with Crippen molar-refractivity contribution in [2.45, 2.75) is 71.3 Å². The van der Waals surface area contributed by atoms with Gasteiger partial charge in [0, 0.05) is 0 Å². The van der Waals surface area contributed by atoms with E-state index in [-0.39, 0.29) is 11.5 Å². The van der Waals surface area contributed by atoms with Gasteiger partial charge in [-0.25, -0.2) is 0 Å². The van der Waals surface area contributed by atoms with Gasteiger partial charge in [-0.3, -0.25) is 0 Å². The van der Waals surface area contributed by atoms with E-state index in [4.69, 9.17) is 5.21 Å². The molecule has 4 aliphatic rings. The topological polar surface area (TPSA) is 52.8 Å². The maximum absolute atomic E-state index is 10.1. The molecule has 0 aromatic carbocycles. The highest BCUT2D eigenvalue weighted by Crippen LogP contribution is 2.66. The van der Waals surface area contributed by atoms with Crippen molar-refractivity contribution >= 4 is 6.21 Å². The highest BCUT2D eigenvalue weighted by atomic mass is 16.4. The van der Waals surface area contributed by atoms with Crippen molar-refractivity contribution in [2.75, 3.05) is 0 Å². The SMILES string of the molecule is C[C@]12CC[C@H](O)CC1=CC[C@H]1C3CC/C(=C/C=N\O)[C@@]3(C)CC[C@@H]12. The molecule has 3 fully saturated rings. The zero-order chi connectivity index (χ0) is 16.9. The van der Waals surface area contributed by atoms with Crippen LogP contribution in [0.3, 0.4) is 0 Å². The van der Waals surface area contributed by atoms with Gasteiger partial charge in [0.25, 0.3) is 0 Å². The first-order valence-corrected chi connectivity index (χ1v) is 9.73. The van der Waals surface area contributed by atoms with Gasteiger partial charge in [-0.05, 0) is 86.0 Å². The first-order chi connectivity index (χ1) is 11.5. The van der Waals surface area contributed by atoms with Crippen LogP contribution >= 0.6 is 0 Å². The molecule has 0 aliphatic heterocycles. The molecule has 4 rings (SSSR count). The van der Waals surface area contributed by atoms with Crippen LogP contribution in [0.4, 0.5) is 0 Å². The van der Waals surface area contributed by atoms with E-state index in [9.17, 15) is 5.11 Å². The summed E-state index contributed by atoms with van der Waals surface area (Å²) in [6, 6.07) is 0. The predicted molar refractivity (Wildman–Crippen MR) is 96.1 cm³/mol. The van der Waals surface area contributed by atoms with Crippen molar-refractivity contribution in [3.05, 3.63) is 23.3 Å². The number of aliphatic hydroxyl groups is 1. The predicted octanol–water partition coefficient (Wildman–Crippen LogP) is 4.70. The van der Waals surface area contributed by atoms with Crippen molar-refractivity contribution in [3.8, 4) is 0 Å². The second-order valence-corrected chi connectivity index (χ2v) is 9.11. The third kappa shape index (κ3) is 2.23. The summed E-state index contributed by atoms with van der Waals surface area (Å²) in [6.07, 6.45) is 15.2. The molecule has 6 atom stereocenters. The summed E-state index contributed by atoms with van der Waals surface area (Å²) in [5.74, 6) is 2.33. The molecule has 0 aromatic rings. The Kier molecular flexibility index (Phi) is 3.91. The molecule has 4 aliphatic carbocycles. The first kappa shape index (κ1) is 16.4. The molecule has 0 saturated heterocycles. The van der Waals surface area contributed by atoms with Crippen molar-refractivity contribution in [3.63, 3.8) is 0 Å². The molecule has 24 heavy (non-hydrogen) atoms. The minimum absolute atomic E-state index is 0.117. The van der Waals surface area contributed by atoms with Gasteiger partial charge in [-0.15, -0.1) is 0 Å². The third-order valence-electron chi connectivity index (χ3n) is 8.27. The average Bonchev–Trinajstić information content (AvgIpc) is 2.90. The zero-order valence-corrected chi connectivity index (χ0v) is 15.0. The minimum atomic E-state index is -0.117. The lowest BCUT2D eigenvalue weighted by Gasteiger charge is -2.57. The minimum Gasteiger partial charge on any atom is -0.411 e. The lowest BCUT2D eigenvalue weighted by molar-refractivity contribution is -0.0267. The monoisotopic (exact) mass is 329 g/mol. The van der Waals surface area contributed by atoms with E-state index >= 15 is 0 Å². The fraction of sp³-hybridized carbons (Fsp3) is 0.762. The van der Waals surface area contributed by atoms with E-state index in [2.05, 4.69) is 31.2 Å². The van der Waals surface area contributed by atoms with Crippen LogP contribution in [0.5, 0.6) is 0 Å². The molecule has 1 unspecified atom stereocenters. The standard InChI is InChI=1S/C21H31NO2/c1-20-11-8-19-17(18(20)6-4-14(20)9-12-22-24)5-3-15-13-16(23)7-10-21(15,19)2/h3,9,12,16-19,23-24H,4-8,10-11,13H2,1-2H3/b14-9-,22-12-/t16-,17-,18?,19-,20+,21-/m0/s1. The lowest BCUT2D eigenvalue weighted by Crippen LogP contribution is -2.49. The Balaban J connectivity index is 1.65. The number of nitrogens with zero attached hydrogens (tertiary/aromatic N) is 1. The molecule has 0 aromatic heterocycles. The van der Waals surface area contributed by atoms with Gasteiger partial charge in [0.1, 0.15) is 0 Å². The summed E-state index contributed by atoms with van der Waals surface area (Å²) >= 11 is 0. The molecule has 0 bridgehead atoms. The van der Waals surface area contributed by atoms with Crippen LogP contribution in [0.25, 0.3) is 0 Å². The van der Waals surface area contributed by atoms with Gasteiger partial charge in [-0.2, -0.15) is 0 Å². The summed E-state index contributed by atoms with van der Waals surface area (Å²) in [4.78, 5) is 0. The summed E-state index contributed by atoms with van der Waals surface area (Å²) < 4.78 is 0. The van der Waals surface area contributed by atoms with Crippen LogP contribution in [0, 0.1) is 28.6 Å². The summed E-state index contributed by atoms with van der Waals surface area (Å²) in [7, 11) is 0. The van der Waals surface area contributed by atoms with Crippen molar-refractivity contribution < 1.29 is 10.3 Å². The maximum Gasteiger partial charge on any atom is 0.0661 e. The fourth-order valence-corrected chi connectivity index (χ4v) is 6.89. The molecule has 132 valence electrons. The van der Waals surface area contributed by atoms with E-state index in [1.54, 1.807) is 11.8 Å². The molecule has 0 spiro atoms. The highest BCUT2D eigenvalue weighted by molar-refractivity contribution is 5.72. The number of allylic oxidation sites excluding steroid dienone is 3. The molecule has 3 nitrogen and oxygen atoms in total. The number of rotatable bonds is 1. The highest BCUT2D eigenvalue weighted by Gasteiger charge is 2.56. The number of hydrogen-bond donors (Lipinski definition) is 2. The molecular formula is C21H31NO2. The second-order valence-electron chi connectivity index (χ2n) is 9.11. The summed E-state index contributed by atoms with van der Waals surface area (Å²) in [5, 5.41) is 22.0. The van der Waals surface area contributed by atoms with Gasteiger partial charge in [0.2, 0.25) is 0 Å². The Hall–Kier alpha value is -1.09. The zero-order valence-electron chi connectivity index (χ0n) is 15.0. The summed E-state index contributed by atoms with van der Waals surface area (Å²) in [6.45, 7) is 4.93. The van der Waals surface area contributed by atoms with Crippen molar-refractivity contribution in [2.24, 2.45) is 33.7 Å². The molecule has 0 amide bonds. The maximum atomic E-state index is 10.1. The van der Waals surface area contributed by atoms with Gasteiger partial charge < -0.3 is 10.3 Å². The lowest BCUT2D eigenvalue weighted by atomic mass is 9.48. The molecule has 3 saturated carbocycles.